The molecule has 2 aliphatic rings. The first-order valence-corrected chi connectivity index (χ1v) is 6.76. The number of hydrogen-bond donors (Lipinski definition) is 1. The molecule has 1 aliphatic carbocycles. The van der Waals surface area contributed by atoms with Gasteiger partial charge >= 0.3 is 0 Å². The molecule has 94 valence electrons. The van der Waals surface area contributed by atoms with Crippen molar-refractivity contribution in [2.45, 2.75) is 50.5 Å². The van der Waals surface area contributed by atoms with Gasteiger partial charge in [-0.1, -0.05) is 19.3 Å². The molecular weight excluding hydrogens is 202 g/mol. The Kier molecular flexibility index (Phi) is 4.62. The van der Waals surface area contributed by atoms with Crippen molar-refractivity contribution in [3.63, 3.8) is 0 Å². The Labute approximate surface area is 98.7 Å². The van der Waals surface area contributed by atoms with Gasteiger partial charge in [0.25, 0.3) is 0 Å². The van der Waals surface area contributed by atoms with E-state index >= 15 is 0 Å². The van der Waals surface area contributed by atoms with Crippen LogP contribution >= 0.6 is 0 Å². The minimum absolute atomic E-state index is 0.0105. The van der Waals surface area contributed by atoms with E-state index in [1.54, 1.807) is 0 Å². The van der Waals surface area contributed by atoms with Crippen LogP contribution in [0.5, 0.6) is 0 Å². The molecule has 2 fully saturated rings. The molecule has 0 atom stereocenters. The van der Waals surface area contributed by atoms with Gasteiger partial charge < -0.3 is 15.2 Å². The lowest BCUT2D eigenvalue weighted by atomic mass is 9.84. The Bertz CT molecular complexity index is 196. The zero-order chi connectivity index (χ0) is 11.3. The van der Waals surface area contributed by atoms with Crippen molar-refractivity contribution < 1.29 is 9.47 Å². The highest BCUT2D eigenvalue weighted by Gasteiger charge is 2.32. The van der Waals surface area contributed by atoms with Crippen molar-refractivity contribution >= 4 is 0 Å². The quantitative estimate of drug-likeness (QED) is 0.800. The first-order valence-electron chi connectivity index (χ1n) is 6.76. The fraction of sp³-hybridized carbons (Fsp3) is 1.00. The van der Waals surface area contributed by atoms with Crippen molar-refractivity contribution in [3.05, 3.63) is 0 Å². The summed E-state index contributed by atoms with van der Waals surface area (Å²) in [5.41, 5.74) is 5.91. The Morgan fingerprint density at radius 3 is 2.44 bits per heavy atom. The summed E-state index contributed by atoms with van der Waals surface area (Å²) in [7, 11) is 0. The molecule has 0 amide bonds. The van der Waals surface area contributed by atoms with Crippen LogP contribution < -0.4 is 5.73 Å². The zero-order valence-electron chi connectivity index (χ0n) is 10.2. The summed E-state index contributed by atoms with van der Waals surface area (Å²) in [6.07, 6.45) is 8.54. The van der Waals surface area contributed by atoms with Crippen LogP contribution in [0.3, 0.4) is 0 Å². The monoisotopic (exact) mass is 227 g/mol. The van der Waals surface area contributed by atoms with E-state index < -0.39 is 0 Å². The summed E-state index contributed by atoms with van der Waals surface area (Å²) in [5.74, 6) is 0.694. The molecule has 0 unspecified atom stereocenters. The zero-order valence-corrected chi connectivity index (χ0v) is 10.2. The summed E-state index contributed by atoms with van der Waals surface area (Å²) < 4.78 is 11.5. The summed E-state index contributed by atoms with van der Waals surface area (Å²) in [6.45, 7) is 3.39. The molecule has 0 bridgehead atoms. The van der Waals surface area contributed by atoms with E-state index in [9.17, 15) is 0 Å². The first-order chi connectivity index (χ1) is 7.85. The van der Waals surface area contributed by atoms with Crippen molar-refractivity contribution in [2.75, 3.05) is 26.4 Å². The molecule has 0 aromatic heterocycles. The van der Waals surface area contributed by atoms with Crippen LogP contribution in [0.25, 0.3) is 0 Å². The second-order valence-electron chi connectivity index (χ2n) is 5.31. The number of hydrogen-bond acceptors (Lipinski definition) is 3. The van der Waals surface area contributed by atoms with Gasteiger partial charge in [-0.3, -0.25) is 0 Å². The Morgan fingerprint density at radius 1 is 1.12 bits per heavy atom. The average molecular weight is 227 g/mol. The first kappa shape index (κ1) is 12.3. The highest BCUT2D eigenvalue weighted by atomic mass is 16.5. The van der Waals surface area contributed by atoms with Crippen LogP contribution in [-0.4, -0.2) is 32.0 Å². The Balaban J connectivity index is 1.77. The van der Waals surface area contributed by atoms with E-state index in [0.717, 1.165) is 45.5 Å². The van der Waals surface area contributed by atoms with Gasteiger partial charge in [0.1, 0.15) is 0 Å². The molecular formula is C13H25NO2. The minimum Gasteiger partial charge on any atom is -0.381 e. The maximum absolute atomic E-state index is 6.18. The third-order valence-corrected chi connectivity index (χ3v) is 4.10. The molecule has 2 rings (SSSR count). The summed E-state index contributed by atoms with van der Waals surface area (Å²) in [6, 6.07) is 0. The molecule has 0 radical (unpaired) electrons. The van der Waals surface area contributed by atoms with Crippen LogP contribution in [0.4, 0.5) is 0 Å². The second kappa shape index (κ2) is 5.99. The molecule has 3 heteroatoms. The van der Waals surface area contributed by atoms with Gasteiger partial charge in [0.05, 0.1) is 12.2 Å². The molecule has 1 aliphatic heterocycles. The van der Waals surface area contributed by atoms with Crippen molar-refractivity contribution in [3.8, 4) is 0 Å². The standard InChI is InChI=1S/C13H25NO2/c14-11-13(6-2-1-3-7-13)16-10-12-4-8-15-9-5-12/h12H,1-11,14H2. The summed E-state index contributed by atoms with van der Waals surface area (Å²) in [5, 5.41) is 0. The van der Waals surface area contributed by atoms with E-state index in [1.165, 1.54) is 19.3 Å². The van der Waals surface area contributed by atoms with Gasteiger partial charge in [-0.2, -0.15) is 0 Å². The van der Waals surface area contributed by atoms with Gasteiger partial charge in [-0.25, -0.2) is 0 Å². The van der Waals surface area contributed by atoms with Crippen LogP contribution in [0.15, 0.2) is 0 Å². The topological polar surface area (TPSA) is 44.5 Å². The van der Waals surface area contributed by atoms with Gasteiger partial charge in [-0.05, 0) is 31.6 Å². The molecule has 2 N–H and O–H groups in total. The molecule has 3 nitrogen and oxygen atoms in total. The highest BCUT2D eigenvalue weighted by molar-refractivity contribution is 4.85. The van der Waals surface area contributed by atoms with E-state index in [-0.39, 0.29) is 5.60 Å². The van der Waals surface area contributed by atoms with Crippen LogP contribution in [0, 0.1) is 5.92 Å². The Hall–Kier alpha value is -0.120. The van der Waals surface area contributed by atoms with Gasteiger partial charge in [0, 0.05) is 19.8 Å². The van der Waals surface area contributed by atoms with Crippen LogP contribution in [-0.2, 0) is 9.47 Å². The molecule has 0 aromatic rings. The smallest absolute Gasteiger partial charge is 0.0804 e. The SMILES string of the molecule is NCC1(OCC2CCOCC2)CCCCC1. The van der Waals surface area contributed by atoms with E-state index in [0.29, 0.717) is 12.5 Å². The fourth-order valence-electron chi connectivity index (χ4n) is 2.81. The van der Waals surface area contributed by atoms with E-state index in [4.69, 9.17) is 15.2 Å². The van der Waals surface area contributed by atoms with Gasteiger partial charge in [-0.15, -0.1) is 0 Å². The highest BCUT2D eigenvalue weighted by Crippen LogP contribution is 2.31. The summed E-state index contributed by atoms with van der Waals surface area (Å²) >= 11 is 0. The number of rotatable bonds is 4. The molecule has 1 heterocycles. The third kappa shape index (κ3) is 3.19. The predicted octanol–water partition coefficient (Wildman–Crippen LogP) is 2.09. The lowest BCUT2D eigenvalue weighted by molar-refractivity contribution is -0.0887. The van der Waals surface area contributed by atoms with Crippen LogP contribution in [0.2, 0.25) is 0 Å². The molecule has 1 saturated carbocycles. The van der Waals surface area contributed by atoms with Crippen molar-refractivity contribution in [2.24, 2.45) is 11.7 Å². The lowest BCUT2D eigenvalue weighted by Crippen LogP contribution is -2.43. The third-order valence-electron chi connectivity index (χ3n) is 4.10. The van der Waals surface area contributed by atoms with Crippen molar-refractivity contribution in [1.29, 1.82) is 0 Å². The number of ether oxygens (including phenoxy) is 2. The van der Waals surface area contributed by atoms with Crippen LogP contribution in [0.1, 0.15) is 44.9 Å². The minimum atomic E-state index is 0.0105. The molecule has 0 aromatic carbocycles. The maximum atomic E-state index is 6.18. The van der Waals surface area contributed by atoms with E-state index in [1.807, 2.05) is 0 Å². The second-order valence-corrected chi connectivity index (χ2v) is 5.31. The summed E-state index contributed by atoms with van der Waals surface area (Å²) in [4.78, 5) is 0. The van der Waals surface area contributed by atoms with Gasteiger partial charge in [0.15, 0.2) is 0 Å². The molecule has 16 heavy (non-hydrogen) atoms. The molecule has 1 saturated heterocycles. The van der Waals surface area contributed by atoms with E-state index in [2.05, 4.69) is 0 Å². The maximum Gasteiger partial charge on any atom is 0.0804 e. The molecule has 0 spiro atoms. The Morgan fingerprint density at radius 2 is 1.81 bits per heavy atom. The fourth-order valence-corrected chi connectivity index (χ4v) is 2.81. The lowest BCUT2D eigenvalue weighted by Gasteiger charge is -2.37. The predicted molar refractivity (Wildman–Crippen MR) is 64.4 cm³/mol. The van der Waals surface area contributed by atoms with Gasteiger partial charge in [0.2, 0.25) is 0 Å². The number of nitrogens with two attached hydrogens (primary N) is 1. The average Bonchev–Trinajstić information content (AvgIpc) is 2.39. The van der Waals surface area contributed by atoms with Crippen molar-refractivity contribution in [1.82, 2.24) is 0 Å². The largest absolute Gasteiger partial charge is 0.381 e. The normalized spacial score (nSPS) is 26.8.